The van der Waals surface area contributed by atoms with Crippen LogP contribution in [0.5, 0.6) is 0 Å². The van der Waals surface area contributed by atoms with Gasteiger partial charge in [0.2, 0.25) is 5.91 Å². The first-order chi connectivity index (χ1) is 19.0. The number of carbonyl (C=O) groups is 2. The van der Waals surface area contributed by atoms with Crippen LogP contribution >= 0.6 is 0 Å². The lowest BCUT2D eigenvalue weighted by Crippen LogP contribution is -2.44. The number of benzene rings is 3. The van der Waals surface area contributed by atoms with Crippen LogP contribution in [0.25, 0.3) is 10.9 Å². The number of aromatic amines is 1. The fourth-order valence-electron chi connectivity index (χ4n) is 5.06. The number of rotatable bonds is 12. The zero-order chi connectivity index (χ0) is 27.2. The van der Waals surface area contributed by atoms with Crippen molar-refractivity contribution < 1.29 is 14.0 Å². The number of amides is 2. The van der Waals surface area contributed by atoms with Gasteiger partial charge in [-0.1, -0.05) is 55.8 Å². The molecule has 0 atom stereocenters. The van der Waals surface area contributed by atoms with Gasteiger partial charge < -0.3 is 14.8 Å². The van der Waals surface area contributed by atoms with Gasteiger partial charge in [-0.05, 0) is 79.1 Å². The van der Waals surface area contributed by atoms with Crippen LogP contribution in [0.1, 0.15) is 59.7 Å². The minimum atomic E-state index is -0.304. The van der Waals surface area contributed by atoms with Gasteiger partial charge in [0.1, 0.15) is 12.4 Å². The van der Waals surface area contributed by atoms with Crippen LogP contribution in [0.15, 0.2) is 79.0 Å². The Kier molecular flexibility index (Phi) is 8.40. The number of unbranched alkanes of at least 4 members (excludes halogenated alkanes) is 1. The predicted molar refractivity (Wildman–Crippen MR) is 153 cm³/mol. The lowest BCUT2D eigenvalue weighted by atomic mass is 10.1. The Morgan fingerprint density at radius 2 is 1.64 bits per heavy atom. The maximum Gasteiger partial charge on any atom is 0.254 e. The first kappa shape index (κ1) is 26.7. The zero-order valence-electron chi connectivity index (χ0n) is 22.5. The van der Waals surface area contributed by atoms with Gasteiger partial charge in [0.05, 0.1) is 0 Å². The maximum atomic E-state index is 13.7. The Bertz CT molecular complexity index is 1410. The second kappa shape index (κ2) is 12.3. The van der Waals surface area contributed by atoms with Crippen LogP contribution in [0, 0.1) is 5.82 Å². The smallest absolute Gasteiger partial charge is 0.254 e. The minimum absolute atomic E-state index is 0.0379. The van der Waals surface area contributed by atoms with Crippen LogP contribution in [-0.2, 0) is 24.2 Å². The summed E-state index contributed by atoms with van der Waals surface area (Å²) in [5, 5.41) is 1.14. The van der Waals surface area contributed by atoms with Crippen LogP contribution in [-0.4, -0.2) is 45.7 Å². The molecule has 39 heavy (non-hydrogen) atoms. The molecule has 5 nitrogen and oxygen atoms in total. The summed E-state index contributed by atoms with van der Waals surface area (Å²) >= 11 is 0. The summed E-state index contributed by atoms with van der Waals surface area (Å²) < 4.78 is 13.5. The number of nitrogens with zero attached hydrogens (tertiary/aromatic N) is 2. The van der Waals surface area contributed by atoms with E-state index in [1.165, 1.54) is 17.7 Å². The number of hydrogen-bond donors (Lipinski definition) is 1. The molecular formula is C33H36FN3O2. The second-order valence-electron chi connectivity index (χ2n) is 10.5. The van der Waals surface area contributed by atoms with E-state index in [2.05, 4.69) is 18.0 Å². The van der Waals surface area contributed by atoms with E-state index in [-0.39, 0.29) is 30.2 Å². The highest BCUT2D eigenvalue weighted by Gasteiger charge is 2.35. The third-order valence-corrected chi connectivity index (χ3v) is 7.54. The molecule has 1 aliphatic rings. The number of para-hydroxylation sites is 1. The van der Waals surface area contributed by atoms with E-state index in [0.29, 0.717) is 25.1 Å². The fraction of sp³-hybridized carbons (Fsp3) is 0.333. The molecule has 1 aliphatic carbocycles. The van der Waals surface area contributed by atoms with E-state index in [1.807, 2.05) is 48.7 Å². The molecule has 0 unspecified atom stereocenters. The van der Waals surface area contributed by atoms with Gasteiger partial charge in [-0.25, -0.2) is 4.39 Å². The van der Waals surface area contributed by atoms with Gasteiger partial charge in [0, 0.05) is 41.8 Å². The van der Waals surface area contributed by atoms with Crippen molar-refractivity contribution in [3.8, 4) is 0 Å². The number of aryl methyl sites for hydroxylation is 1. The first-order valence-corrected chi connectivity index (χ1v) is 14.0. The number of nitrogens with one attached hydrogen (secondary N) is 1. The van der Waals surface area contributed by atoms with Crippen molar-refractivity contribution in [1.82, 2.24) is 14.8 Å². The molecule has 0 aliphatic heterocycles. The van der Waals surface area contributed by atoms with Gasteiger partial charge in [-0.2, -0.15) is 0 Å². The molecule has 4 aromatic rings. The zero-order valence-corrected chi connectivity index (χ0v) is 22.5. The average molecular weight is 526 g/mol. The molecule has 3 aromatic carbocycles. The Balaban J connectivity index is 1.32. The average Bonchev–Trinajstić information content (AvgIpc) is 3.73. The first-order valence-electron chi connectivity index (χ1n) is 14.0. The minimum Gasteiger partial charge on any atom is -0.361 e. The summed E-state index contributed by atoms with van der Waals surface area (Å²) in [6.45, 7) is 3.07. The lowest BCUT2D eigenvalue weighted by Gasteiger charge is -2.28. The van der Waals surface area contributed by atoms with E-state index in [1.54, 1.807) is 21.9 Å². The number of H-pyrrole nitrogens is 1. The molecule has 5 rings (SSSR count). The highest BCUT2D eigenvalue weighted by atomic mass is 19.1. The number of fused-ring (bicyclic) bond motifs is 1. The fourth-order valence-corrected chi connectivity index (χ4v) is 5.06. The lowest BCUT2D eigenvalue weighted by molar-refractivity contribution is -0.132. The molecule has 1 heterocycles. The molecule has 1 aromatic heterocycles. The molecule has 1 N–H and O–H groups in total. The van der Waals surface area contributed by atoms with Gasteiger partial charge in [-0.15, -0.1) is 0 Å². The van der Waals surface area contributed by atoms with Crippen molar-refractivity contribution in [2.45, 2.75) is 58.0 Å². The quantitative estimate of drug-likeness (QED) is 0.229. The van der Waals surface area contributed by atoms with Gasteiger partial charge >= 0.3 is 0 Å². The van der Waals surface area contributed by atoms with Crippen molar-refractivity contribution in [2.24, 2.45) is 0 Å². The predicted octanol–water partition coefficient (Wildman–Crippen LogP) is 6.53. The standard InChI is InChI=1S/C33H36FN3O2/c1-2-3-6-24-9-13-26(14-10-24)33(39)37(29-17-18-29)23-32(38)36(22-25-11-15-28(34)16-12-25)20-19-27-21-35-31-8-5-4-7-30(27)31/h4-5,7-16,21,29,35H,2-3,6,17-20,22-23H2,1H3. The van der Waals surface area contributed by atoms with Gasteiger partial charge in [0.25, 0.3) is 5.91 Å². The second-order valence-corrected chi connectivity index (χ2v) is 10.5. The number of hydrogen-bond acceptors (Lipinski definition) is 2. The van der Waals surface area contributed by atoms with E-state index < -0.39 is 0 Å². The summed E-state index contributed by atoms with van der Waals surface area (Å²) in [6, 6.07) is 22.3. The normalized spacial score (nSPS) is 13.0. The molecule has 1 saturated carbocycles. The van der Waals surface area contributed by atoms with Crippen molar-refractivity contribution in [3.05, 3.63) is 107 Å². The Morgan fingerprint density at radius 1 is 0.923 bits per heavy atom. The van der Waals surface area contributed by atoms with E-state index in [0.717, 1.165) is 54.1 Å². The molecule has 0 radical (unpaired) electrons. The maximum absolute atomic E-state index is 13.7. The third kappa shape index (κ3) is 6.75. The number of carbonyl (C=O) groups excluding carboxylic acids is 2. The van der Waals surface area contributed by atoms with Crippen molar-refractivity contribution in [3.63, 3.8) is 0 Å². The van der Waals surface area contributed by atoms with E-state index in [4.69, 9.17) is 0 Å². The molecule has 6 heteroatoms. The Labute approximate surface area is 229 Å². The molecule has 1 fully saturated rings. The van der Waals surface area contributed by atoms with Crippen LogP contribution in [0.2, 0.25) is 0 Å². The molecule has 2 amide bonds. The SMILES string of the molecule is CCCCc1ccc(C(=O)N(CC(=O)N(CCc2c[nH]c3ccccc23)Cc2ccc(F)cc2)C2CC2)cc1. The summed E-state index contributed by atoms with van der Waals surface area (Å²) in [4.78, 5) is 34.1. The summed E-state index contributed by atoms with van der Waals surface area (Å²) in [6.07, 6.45) is 7.76. The number of halogens is 1. The highest BCUT2D eigenvalue weighted by Crippen LogP contribution is 2.29. The van der Waals surface area contributed by atoms with Crippen molar-refractivity contribution in [2.75, 3.05) is 13.1 Å². The van der Waals surface area contributed by atoms with Crippen LogP contribution in [0.3, 0.4) is 0 Å². The number of aromatic nitrogens is 1. The topological polar surface area (TPSA) is 56.4 Å². The van der Waals surface area contributed by atoms with Crippen LogP contribution in [0.4, 0.5) is 4.39 Å². The summed E-state index contributed by atoms with van der Waals surface area (Å²) in [7, 11) is 0. The molecule has 0 spiro atoms. The largest absolute Gasteiger partial charge is 0.361 e. The van der Waals surface area contributed by atoms with Gasteiger partial charge in [-0.3, -0.25) is 9.59 Å². The Hall–Kier alpha value is -3.93. The third-order valence-electron chi connectivity index (χ3n) is 7.54. The summed E-state index contributed by atoms with van der Waals surface area (Å²) in [5.74, 6) is -0.494. The molecule has 202 valence electrons. The van der Waals surface area contributed by atoms with Gasteiger partial charge in [0.15, 0.2) is 0 Å². The summed E-state index contributed by atoms with van der Waals surface area (Å²) in [5.41, 5.74) is 4.91. The van der Waals surface area contributed by atoms with Crippen molar-refractivity contribution >= 4 is 22.7 Å². The van der Waals surface area contributed by atoms with E-state index in [9.17, 15) is 14.0 Å². The molecular weight excluding hydrogens is 489 g/mol. The van der Waals surface area contributed by atoms with Crippen LogP contribution < -0.4 is 0 Å². The monoisotopic (exact) mass is 525 g/mol. The highest BCUT2D eigenvalue weighted by molar-refractivity contribution is 5.97. The van der Waals surface area contributed by atoms with Crippen molar-refractivity contribution in [1.29, 1.82) is 0 Å². The molecule has 0 saturated heterocycles. The van der Waals surface area contributed by atoms with E-state index >= 15 is 0 Å². The molecule has 0 bridgehead atoms. The Morgan fingerprint density at radius 3 is 2.36 bits per heavy atom.